The molecule has 0 saturated carbocycles. The molecule has 1 amide bonds. The second-order valence-corrected chi connectivity index (χ2v) is 5.43. The summed E-state index contributed by atoms with van der Waals surface area (Å²) in [5, 5.41) is 3.02. The summed E-state index contributed by atoms with van der Waals surface area (Å²) in [5.41, 5.74) is 1.67. The molecule has 0 aliphatic carbocycles. The summed E-state index contributed by atoms with van der Waals surface area (Å²) < 4.78 is 5.83. The maximum atomic E-state index is 12.4. The molecule has 0 saturated heterocycles. The van der Waals surface area contributed by atoms with Crippen LogP contribution >= 0.6 is 0 Å². The molecule has 0 bridgehead atoms. The van der Waals surface area contributed by atoms with Gasteiger partial charge in [0.2, 0.25) is 0 Å². The first-order valence-corrected chi connectivity index (χ1v) is 7.77. The van der Waals surface area contributed by atoms with E-state index in [9.17, 15) is 4.79 Å². The molecule has 0 spiro atoms. The van der Waals surface area contributed by atoms with Gasteiger partial charge < -0.3 is 10.1 Å². The van der Waals surface area contributed by atoms with Crippen LogP contribution in [-0.2, 0) is 6.61 Å². The molecule has 0 aliphatic heterocycles. The fourth-order valence-electron chi connectivity index (χ4n) is 2.32. The normalized spacial score (nSPS) is 11.7. The van der Waals surface area contributed by atoms with Gasteiger partial charge in [-0.3, -0.25) is 4.79 Å². The molecule has 0 radical (unpaired) electrons. The molecule has 3 heteroatoms. The van der Waals surface area contributed by atoms with Crippen molar-refractivity contribution in [3.63, 3.8) is 0 Å². The van der Waals surface area contributed by atoms with Crippen molar-refractivity contribution < 1.29 is 9.53 Å². The number of para-hydroxylation sites is 1. The zero-order valence-electron chi connectivity index (χ0n) is 13.2. The van der Waals surface area contributed by atoms with Gasteiger partial charge in [-0.15, -0.1) is 0 Å². The lowest BCUT2D eigenvalue weighted by Gasteiger charge is -2.15. The third-order valence-electron chi connectivity index (χ3n) is 3.47. The maximum absolute atomic E-state index is 12.4. The Bertz CT molecular complexity index is 595. The van der Waals surface area contributed by atoms with Crippen LogP contribution in [0.3, 0.4) is 0 Å². The smallest absolute Gasteiger partial charge is 0.255 e. The Labute approximate surface area is 132 Å². The fourth-order valence-corrected chi connectivity index (χ4v) is 2.32. The molecule has 2 rings (SSSR count). The lowest BCUT2D eigenvalue weighted by Crippen LogP contribution is -2.32. The van der Waals surface area contributed by atoms with Crippen LogP contribution in [0.4, 0.5) is 0 Å². The highest BCUT2D eigenvalue weighted by Crippen LogP contribution is 2.19. The predicted molar refractivity (Wildman–Crippen MR) is 89.1 cm³/mol. The molecular formula is C19H23NO2. The van der Waals surface area contributed by atoms with Crippen LogP contribution in [0.25, 0.3) is 0 Å². The third kappa shape index (κ3) is 4.62. The predicted octanol–water partition coefficient (Wildman–Crippen LogP) is 4.18. The van der Waals surface area contributed by atoms with Crippen molar-refractivity contribution in [2.45, 2.75) is 39.3 Å². The molecule has 0 aromatic heterocycles. The first-order valence-electron chi connectivity index (χ1n) is 7.77. The minimum Gasteiger partial charge on any atom is -0.488 e. The van der Waals surface area contributed by atoms with Gasteiger partial charge in [-0.1, -0.05) is 55.8 Å². The average molecular weight is 297 g/mol. The van der Waals surface area contributed by atoms with Crippen LogP contribution in [-0.4, -0.2) is 11.9 Å². The van der Waals surface area contributed by atoms with Gasteiger partial charge in [-0.2, -0.15) is 0 Å². The second-order valence-electron chi connectivity index (χ2n) is 5.43. The Morgan fingerprint density at radius 2 is 1.77 bits per heavy atom. The molecule has 116 valence electrons. The monoisotopic (exact) mass is 297 g/mol. The first-order chi connectivity index (χ1) is 10.7. The van der Waals surface area contributed by atoms with Crippen molar-refractivity contribution in [3.8, 4) is 5.75 Å². The van der Waals surface area contributed by atoms with Crippen LogP contribution < -0.4 is 10.1 Å². The standard InChI is InChI=1S/C19H23NO2/c1-3-9-15(2)20-19(21)17-12-7-8-13-18(17)22-14-16-10-5-4-6-11-16/h4-8,10-13,15H,3,9,14H2,1-2H3,(H,20,21)/t15-/m1/s1. The number of ether oxygens (including phenoxy) is 1. The first kappa shape index (κ1) is 16.1. The van der Waals surface area contributed by atoms with Crippen LogP contribution in [0.15, 0.2) is 54.6 Å². The second kappa shape index (κ2) is 8.23. The van der Waals surface area contributed by atoms with E-state index in [4.69, 9.17) is 4.74 Å². The largest absolute Gasteiger partial charge is 0.488 e. The van der Waals surface area contributed by atoms with E-state index >= 15 is 0 Å². The van der Waals surface area contributed by atoms with Gasteiger partial charge in [0.1, 0.15) is 12.4 Å². The molecule has 0 aliphatic rings. The fraction of sp³-hybridized carbons (Fsp3) is 0.316. The van der Waals surface area contributed by atoms with Crippen LogP contribution in [0, 0.1) is 0 Å². The van der Waals surface area contributed by atoms with Crippen molar-refractivity contribution in [1.29, 1.82) is 0 Å². The molecule has 1 N–H and O–H groups in total. The average Bonchev–Trinajstić information content (AvgIpc) is 2.54. The Balaban J connectivity index is 2.04. The van der Waals surface area contributed by atoms with Gasteiger partial charge in [-0.25, -0.2) is 0 Å². The lowest BCUT2D eigenvalue weighted by atomic mass is 10.1. The topological polar surface area (TPSA) is 38.3 Å². The van der Waals surface area contributed by atoms with Gasteiger partial charge in [0.15, 0.2) is 0 Å². The van der Waals surface area contributed by atoms with Crippen LogP contribution in [0.1, 0.15) is 42.6 Å². The van der Waals surface area contributed by atoms with E-state index in [0.29, 0.717) is 17.9 Å². The van der Waals surface area contributed by atoms with E-state index in [-0.39, 0.29) is 11.9 Å². The number of hydrogen-bond acceptors (Lipinski definition) is 2. The third-order valence-corrected chi connectivity index (χ3v) is 3.47. The molecule has 0 fully saturated rings. The van der Waals surface area contributed by atoms with Gasteiger partial charge in [0.05, 0.1) is 5.56 Å². The molecule has 2 aromatic rings. The number of carbonyl (C=O) groups excluding carboxylic acids is 1. The van der Waals surface area contributed by atoms with E-state index in [1.54, 1.807) is 6.07 Å². The summed E-state index contributed by atoms with van der Waals surface area (Å²) in [4.78, 5) is 12.4. The molecule has 1 atom stereocenters. The summed E-state index contributed by atoms with van der Waals surface area (Å²) in [6, 6.07) is 17.5. The quantitative estimate of drug-likeness (QED) is 0.832. The van der Waals surface area contributed by atoms with E-state index in [0.717, 1.165) is 18.4 Å². The highest BCUT2D eigenvalue weighted by molar-refractivity contribution is 5.97. The number of benzene rings is 2. The molecule has 22 heavy (non-hydrogen) atoms. The van der Waals surface area contributed by atoms with Crippen LogP contribution in [0.2, 0.25) is 0 Å². The van der Waals surface area contributed by atoms with Crippen molar-refractivity contribution >= 4 is 5.91 Å². The molecule has 0 heterocycles. The van der Waals surface area contributed by atoms with Crippen molar-refractivity contribution in [2.75, 3.05) is 0 Å². The number of rotatable bonds is 7. The summed E-state index contributed by atoms with van der Waals surface area (Å²) >= 11 is 0. The van der Waals surface area contributed by atoms with Gasteiger partial charge in [0.25, 0.3) is 5.91 Å². The lowest BCUT2D eigenvalue weighted by molar-refractivity contribution is 0.0934. The molecule has 2 aromatic carbocycles. The molecule has 3 nitrogen and oxygen atoms in total. The van der Waals surface area contributed by atoms with Gasteiger partial charge in [0, 0.05) is 6.04 Å². The summed E-state index contributed by atoms with van der Waals surface area (Å²) in [7, 11) is 0. The number of carbonyl (C=O) groups is 1. The number of amides is 1. The zero-order valence-corrected chi connectivity index (χ0v) is 13.2. The zero-order chi connectivity index (χ0) is 15.8. The summed E-state index contributed by atoms with van der Waals surface area (Å²) in [6.45, 7) is 4.59. The number of hydrogen-bond donors (Lipinski definition) is 1. The Hall–Kier alpha value is -2.29. The van der Waals surface area contributed by atoms with Gasteiger partial charge in [-0.05, 0) is 31.0 Å². The summed E-state index contributed by atoms with van der Waals surface area (Å²) in [6.07, 6.45) is 2.02. The highest BCUT2D eigenvalue weighted by Gasteiger charge is 2.14. The molecular weight excluding hydrogens is 274 g/mol. The van der Waals surface area contributed by atoms with E-state index < -0.39 is 0 Å². The van der Waals surface area contributed by atoms with E-state index in [1.165, 1.54) is 0 Å². The highest BCUT2D eigenvalue weighted by atomic mass is 16.5. The van der Waals surface area contributed by atoms with Crippen molar-refractivity contribution in [3.05, 3.63) is 65.7 Å². The van der Waals surface area contributed by atoms with Gasteiger partial charge >= 0.3 is 0 Å². The SMILES string of the molecule is CCC[C@@H](C)NC(=O)c1ccccc1OCc1ccccc1. The minimum absolute atomic E-state index is 0.0791. The Kier molecular flexibility index (Phi) is 6.01. The minimum atomic E-state index is -0.0791. The van der Waals surface area contributed by atoms with E-state index in [1.807, 2.05) is 55.5 Å². The summed E-state index contributed by atoms with van der Waals surface area (Å²) in [5.74, 6) is 0.539. The maximum Gasteiger partial charge on any atom is 0.255 e. The van der Waals surface area contributed by atoms with Crippen LogP contribution in [0.5, 0.6) is 5.75 Å². The molecule has 0 unspecified atom stereocenters. The Morgan fingerprint density at radius 3 is 2.50 bits per heavy atom. The van der Waals surface area contributed by atoms with Crippen molar-refractivity contribution in [2.24, 2.45) is 0 Å². The number of nitrogens with one attached hydrogen (secondary N) is 1. The Morgan fingerprint density at radius 1 is 1.09 bits per heavy atom. The van der Waals surface area contributed by atoms with E-state index in [2.05, 4.69) is 12.2 Å². The van der Waals surface area contributed by atoms with Crippen molar-refractivity contribution in [1.82, 2.24) is 5.32 Å².